The van der Waals surface area contributed by atoms with Crippen LogP contribution < -0.4 is 10.6 Å². The number of hydrogen-bond donors (Lipinski definition) is 2. The summed E-state index contributed by atoms with van der Waals surface area (Å²) < 4.78 is 52.6. The molecule has 0 aliphatic carbocycles. The largest absolute Gasteiger partial charge is 0.419 e. The molecule has 4 nitrogen and oxygen atoms in total. The highest BCUT2D eigenvalue weighted by molar-refractivity contribution is 9.10. The van der Waals surface area contributed by atoms with Gasteiger partial charge in [0.15, 0.2) is 0 Å². The third-order valence-corrected chi connectivity index (χ3v) is 5.23. The number of benzene rings is 2. The van der Waals surface area contributed by atoms with E-state index in [4.69, 9.17) is 0 Å². The number of thioether (sulfide) groups is 1. The van der Waals surface area contributed by atoms with Crippen LogP contribution in [0.4, 0.5) is 23.2 Å². The zero-order valence-corrected chi connectivity index (χ0v) is 17.6. The highest BCUT2D eigenvalue weighted by Gasteiger charge is 2.34. The number of amides is 2. The average molecular weight is 493 g/mol. The Morgan fingerprint density at radius 3 is 2.48 bits per heavy atom. The smallest absolute Gasteiger partial charge is 0.340 e. The van der Waals surface area contributed by atoms with Gasteiger partial charge >= 0.3 is 6.18 Å². The van der Waals surface area contributed by atoms with Crippen LogP contribution in [0.1, 0.15) is 22.3 Å². The Balaban J connectivity index is 2.19. The quantitative estimate of drug-likeness (QED) is 0.528. The number of nitrogens with one attached hydrogen (secondary N) is 2. The first-order valence-corrected chi connectivity index (χ1v) is 10.5. The standard InChI is InChI=1S/C19H17BrF4N2O2S/c1-29-9-8-16(26-17(27)12-4-2-3-5-14(12)20)18(28)25-11-6-7-15(21)13(10-11)19(22,23)24/h2-7,10,16H,8-9H2,1H3,(H,25,28)(H,26,27). The van der Waals surface area contributed by atoms with E-state index in [0.29, 0.717) is 27.9 Å². The van der Waals surface area contributed by atoms with Crippen LogP contribution in [0.3, 0.4) is 0 Å². The molecular weight excluding hydrogens is 476 g/mol. The van der Waals surface area contributed by atoms with Crippen molar-refractivity contribution < 1.29 is 27.2 Å². The van der Waals surface area contributed by atoms with Gasteiger partial charge in [0.2, 0.25) is 5.91 Å². The molecule has 2 aromatic carbocycles. The zero-order chi connectivity index (χ0) is 21.6. The molecule has 0 aromatic heterocycles. The number of alkyl halides is 3. The second kappa shape index (κ2) is 10.1. The van der Waals surface area contributed by atoms with Gasteiger partial charge in [0.1, 0.15) is 11.9 Å². The Morgan fingerprint density at radius 2 is 1.86 bits per heavy atom. The van der Waals surface area contributed by atoms with Gasteiger partial charge in [-0.15, -0.1) is 0 Å². The number of carbonyl (C=O) groups excluding carboxylic acids is 2. The van der Waals surface area contributed by atoms with E-state index in [9.17, 15) is 27.2 Å². The van der Waals surface area contributed by atoms with Crippen LogP contribution in [0.25, 0.3) is 0 Å². The maximum absolute atomic E-state index is 13.4. The summed E-state index contributed by atoms with van der Waals surface area (Å²) in [4.78, 5) is 25.1. The van der Waals surface area contributed by atoms with Crippen LogP contribution in [0.15, 0.2) is 46.9 Å². The summed E-state index contributed by atoms with van der Waals surface area (Å²) in [7, 11) is 0. The van der Waals surface area contributed by atoms with Gasteiger partial charge < -0.3 is 10.6 Å². The van der Waals surface area contributed by atoms with Crippen LogP contribution >= 0.6 is 27.7 Å². The molecule has 0 spiro atoms. The van der Waals surface area contributed by atoms with Crippen molar-refractivity contribution in [3.05, 3.63) is 63.9 Å². The molecule has 2 amide bonds. The fourth-order valence-corrected chi connectivity index (χ4v) is 3.37. The van der Waals surface area contributed by atoms with Gasteiger partial charge in [-0.1, -0.05) is 12.1 Å². The molecule has 0 saturated carbocycles. The third-order valence-electron chi connectivity index (χ3n) is 3.89. The minimum atomic E-state index is -4.89. The van der Waals surface area contributed by atoms with Gasteiger partial charge in [-0.3, -0.25) is 9.59 Å². The lowest BCUT2D eigenvalue weighted by Gasteiger charge is -2.19. The topological polar surface area (TPSA) is 58.2 Å². The van der Waals surface area contributed by atoms with Crippen molar-refractivity contribution in [3.8, 4) is 0 Å². The van der Waals surface area contributed by atoms with Gasteiger partial charge in [0, 0.05) is 10.2 Å². The van der Waals surface area contributed by atoms with Crippen molar-refractivity contribution in [1.29, 1.82) is 0 Å². The van der Waals surface area contributed by atoms with Crippen molar-refractivity contribution in [3.63, 3.8) is 0 Å². The lowest BCUT2D eigenvalue weighted by atomic mass is 10.1. The molecule has 0 radical (unpaired) electrons. The first kappa shape index (κ1) is 23.2. The second-order valence-electron chi connectivity index (χ2n) is 5.97. The van der Waals surface area contributed by atoms with E-state index >= 15 is 0 Å². The Morgan fingerprint density at radius 1 is 1.17 bits per heavy atom. The number of rotatable bonds is 7. The molecule has 2 N–H and O–H groups in total. The maximum Gasteiger partial charge on any atom is 0.419 e. The lowest BCUT2D eigenvalue weighted by molar-refractivity contribution is -0.140. The molecule has 1 unspecified atom stereocenters. The van der Waals surface area contributed by atoms with Crippen LogP contribution in [0.5, 0.6) is 0 Å². The van der Waals surface area contributed by atoms with Crippen LogP contribution in [-0.2, 0) is 11.0 Å². The molecule has 2 aromatic rings. The van der Waals surface area contributed by atoms with E-state index in [1.54, 1.807) is 24.3 Å². The number of halogens is 5. The molecule has 156 valence electrons. The monoisotopic (exact) mass is 492 g/mol. The Labute approximate surface area is 177 Å². The maximum atomic E-state index is 13.4. The number of anilines is 1. The van der Waals surface area contributed by atoms with E-state index in [1.807, 2.05) is 6.26 Å². The molecule has 0 aliphatic rings. The summed E-state index contributed by atoms with van der Waals surface area (Å²) in [5.74, 6) is -2.10. The first-order chi connectivity index (χ1) is 13.6. The summed E-state index contributed by atoms with van der Waals surface area (Å²) in [5.41, 5.74) is -1.38. The van der Waals surface area contributed by atoms with E-state index in [2.05, 4.69) is 26.6 Å². The second-order valence-corrected chi connectivity index (χ2v) is 7.81. The van der Waals surface area contributed by atoms with Crippen molar-refractivity contribution in [2.24, 2.45) is 0 Å². The molecule has 0 bridgehead atoms. The van der Waals surface area contributed by atoms with Crippen LogP contribution in [0, 0.1) is 5.82 Å². The van der Waals surface area contributed by atoms with E-state index in [0.717, 1.165) is 6.07 Å². The Bertz CT molecular complexity index is 893. The third kappa shape index (κ3) is 6.46. The van der Waals surface area contributed by atoms with Crippen molar-refractivity contribution in [2.45, 2.75) is 18.6 Å². The Kier molecular flexibility index (Phi) is 8.09. The van der Waals surface area contributed by atoms with Crippen molar-refractivity contribution in [1.82, 2.24) is 5.32 Å². The molecule has 29 heavy (non-hydrogen) atoms. The summed E-state index contributed by atoms with van der Waals surface area (Å²) in [6.07, 6.45) is -2.81. The lowest BCUT2D eigenvalue weighted by Crippen LogP contribution is -2.44. The van der Waals surface area contributed by atoms with E-state index in [1.165, 1.54) is 11.8 Å². The summed E-state index contributed by atoms with van der Waals surface area (Å²) in [6.45, 7) is 0. The normalized spacial score (nSPS) is 12.3. The zero-order valence-electron chi connectivity index (χ0n) is 15.1. The molecule has 0 fully saturated rings. The van der Waals surface area contributed by atoms with Crippen LogP contribution in [0.2, 0.25) is 0 Å². The Hall–Kier alpha value is -2.07. The number of hydrogen-bond acceptors (Lipinski definition) is 3. The predicted molar refractivity (Wildman–Crippen MR) is 108 cm³/mol. The first-order valence-electron chi connectivity index (χ1n) is 8.35. The van der Waals surface area contributed by atoms with E-state index < -0.39 is 35.4 Å². The minimum Gasteiger partial charge on any atom is -0.340 e. The molecule has 1 atom stereocenters. The van der Waals surface area contributed by atoms with Crippen molar-refractivity contribution in [2.75, 3.05) is 17.3 Å². The molecule has 0 heterocycles. The van der Waals surface area contributed by atoms with Gasteiger partial charge in [-0.05, 0) is 64.7 Å². The molecule has 0 aliphatic heterocycles. The average Bonchev–Trinajstić information content (AvgIpc) is 2.65. The van der Waals surface area contributed by atoms with Gasteiger partial charge in [0.05, 0.1) is 11.1 Å². The van der Waals surface area contributed by atoms with Gasteiger partial charge in [0.25, 0.3) is 5.91 Å². The highest BCUT2D eigenvalue weighted by Crippen LogP contribution is 2.33. The SMILES string of the molecule is CSCCC(NC(=O)c1ccccc1Br)C(=O)Nc1ccc(F)c(C(F)(F)F)c1. The highest BCUT2D eigenvalue weighted by atomic mass is 79.9. The minimum absolute atomic E-state index is 0.215. The summed E-state index contributed by atoms with van der Waals surface area (Å²) >= 11 is 4.70. The van der Waals surface area contributed by atoms with Crippen LogP contribution in [-0.4, -0.2) is 29.9 Å². The molecule has 2 rings (SSSR count). The molecular formula is C19H17BrF4N2O2S. The molecule has 0 saturated heterocycles. The fourth-order valence-electron chi connectivity index (χ4n) is 2.44. The van der Waals surface area contributed by atoms with E-state index in [-0.39, 0.29) is 12.1 Å². The van der Waals surface area contributed by atoms with Gasteiger partial charge in [-0.25, -0.2) is 4.39 Å². The van der Waals surface area contributed by atoms with Gasteiger partial charge in [-0.2, -0.15) is 24.9 Å². The summed E-state index contributed by atoms with van der Waals surface area (Å²) in [6, 6.07) is 7.83. The predicted octanol–water partition coefficient (Wildman–Crippen LogP) is 5.10. The summed E-state index contributed by atoms with van der Waals surface area (Å²) in [5, 5.41) is 4.92. The fraction of sp³-hybridized carbons (Fsp3) is 0.263. The molecule has 10 heteroatoms. The van der Waals surface area contributed by atoms with Crippen molar-refractivity contribution >= 4 is 45.2 Å². The number of carbonyl (C=O) groups is 2.